The summed E-state index contributed by atoms with van der Waals surface area (Å²) in [5.74, 6) is 0.621. The Balaban J connectivity index is 2.37. The largest absolute Gasteiger partial charge is 0.417 e. The third-order valence-electron chi connectivity index (χ3n) is 5.28. The molecule has 0 N–H and O–H groups in total. The van der Waals surface area contributed by atoms with Crippen LogP contribution in [0.25, 0.3) is 0 Å². The lowest BCUT2D eigenvalue weighted by molar-refractivity contribution is -0.0147. The zero-order valence-corrected chi connectivity index (χ0v) is 19.1. The number of ether oxygens (including phenoxy) is 1. The van der Waals surface area contributed by atoms with Gasteiger partial charge >= 0.3 is 0 Å². The Morgan fingerprint density at radius 3 is 2.67 bits per heavy atom. The molecular weight excluding hydrogens is 380 g/mol. The van der Waals surface area contributed by atoms with Gasteiger partial charge in [0, 0.05) is 11.9 Å². The predicted molar refractivity (Wildman–Crippen MR) is 112 cm³/mol. The summed E-state index contributed by atoms with van der Waals surface area (Å²) in [6.07, 6.45) is 9.23. The molecule has 0 unspecified atom stereocenters. The maximum Gasteiger partial charge on any atom is 0.191 e. The van der Waals surface area contributed by atoms with Crippen LogP contribution in [0.5, 0.6) is 0 Å². The van der Waals surface area contributed by atoms with Crippen LogP contribution in [-0.2, 0) is 9.16 Å². The number of halogens is 1. The Morgan fingerprint density at radius 1 is 1.42 bits per heavy atom. The van der Waals surface area contributed by atoms with Crippen LogP contribution in [0.3, 0.4) is 0 Å². The topological polar surface area (TPSA) is 18.5 Å². The molecule has 2 nitrogen and oxygen atoms in total. The first-order valence-electron chi connectivity index (χ1n) is 9.24. The van der Waals surface area contributed by atoms with Crippen molar-refractivity contribution in [1.29, 1.82) is 0 Å². The second-order valence-corrected chi connectivity index (χ2v) is 14.2. The minimum atomic E-state index is -1.65. The quantitative estimate of drug-likeness (QED) is 0.243. The SMILES string of the molecule is C=C(CBr)C[C@H](C)C[C@@H]1CC=C[C@@H](CCO[Si](C)(C)C(C)(C)C)O1. The molecule has 4 heteroatoms. The van der Waals surface area contributed by atoms with Crippen LogP contribution in [0.15, 0.2) is 24.3 Å². The van der Waals surface area contributed by atoms with Crippen LogP contribution in [0.1, 0.15) is 53.4 Å². The fraction of sp³-hybridized carbons (Fsp3) is 0.800. The molecule has 1 rings (SSSR count). The zero-order valence-electron chi connectivity index (χ0n) is 16.5. The molecule has 0 saturated heterocycles. The van der Waals surface area contributed by atoms with Crippen LogP contribution in [0, 0.1) is 5.92 Å². The molecular formula is C20H37BrO2Si. The van der Waals surface area contributed by atoms with E-state index in [1.54, 1.807) is 0 Å². The number of rotatable bonds is 9. The average Bonchev–Trinajstić information content (AvgIpc) is 2.46. The van der Waals surface area contributed by atoms with Crippen molar-refractivity contribution in [2.75, 3.05) is 11.9 Å². The van der Waals surface area contributed by atoms with E-state index in [1.165, 1.54) is 5.57 Å². The van der Waals surface area contributed by atoms with Crippen molar-refractivity contribution in [2.24, 2.45) is 5.92 Å². The third-order valence-corrected chi connectivity index (χ3v) is 10.6. The van der Waals surface area contributed by atoms with Crippen molar-refractivity contribution in [3.05, 3.63) is 24.3 Å². The summed E-state index contributed by atoms with van der Waals surface area (Å²) in [7, 11) is -1.65. The number of allylic oxidation sites excluding steroid dienone is 1. The Morgan fingerprint density at radius 2 is 2.08 bits per heavy atom. The van der Waals surface area contributed by atoms with E-state index in [0.717, 1.165) is 37.6 Å². The smallest absolute Gasteiger partial charge is 0.191 e. The van der Waals surface area contributed by atoms with Gasteiger partial charge in [0.25, 0.3) is 0 Å². The van der Waals surface area contributed by atoms with Gasteiger partial charge in [-0.2, -0.15) is 0 Å². The summed E-state index contributed by atoms with van der Waals surface area (Å²) in [4.78, 5) is 0. The van der Waals surface area contributed by atoms with Gasteiger partial charge in [-0.3, -0.25) is 0 Å². The zero-order chi connectivity index (χ0) is 18.4. The summed E-state index contributed by atoms with van der Waals surface area (Å²) in [5.41, 5.74) is 1.27. The molecule has 0 aliphatic carbocycles. The highest BCUT2D eigenvalue weighted by Gasteiger charge is 2.37. The van der Waals surface area contributed by atoms with Crippen molar-refractivity contribution >= 4 is 24.2 Å². The lowest BCUT2D eigenvalue weighted by Gasteiger charge is -2.36. The second kappa shape index (κ2) is 9.70. The Kier molecular flexibility index (Phi) is 8.95. The highest BCUT2D eigenvalue weighted by Crippen LogP contribution is 2.36. The molecule has 0 amide bonds. The van der Waals surface area contributed by atoms with Crippen LogP contribution >= 0.6 is 15.9 Å². The summed E-state index contributed by atoms with van der Waals surface area (Å²) in [6, 6.07) is 0. The Labute approximate surface area is 159 Å². The molecule has 0 spiro atoms. The highest BCUT2D eigenvalue weighted by molar-refractivity contribution is 9.09. The van der Waals surface area contributed by atoms with Crippen molar-refractivity contribution in [3.63, 3.8) is 0 Å². The van der Waals surface area contributed by atoms with Gasteiger partial charge in [-0.05, 0) is 49.7 Å². The Bertz CT molecular complexity index is 426. The van der Waals surface area contributed by atoms with Crippen molar-refractivity contribution in [2.45, 2.75) is 83.7 Å². The molecule has 3 atom stereocenters. The van der Waals surface area contributed by atoms with Crippen molar-refractivity contribution < 1.29 is 9.16 Å². The van der Waals surface area contributed by atoms with Gasteiger partial charge in [0.2, 0.25) is 0 Å². The first-order valence-corrected chi connectivity index (χ1v) is 13.3. The van der Waals surface area contributed by atoms with Crippen LogP contribution < -0.4 is 0 Å². The predicted octanol–water partition coefficient (Wildman–Crippen LogP) is 6.48. The number of hydrogen-bond donors (Lipinski definition) is 0. The van der Waals surface area contributed by atoms with E-state index in [1.807, 2.05) is 0 Å². The van der Waals surface area contributed by atoms with Gasteiger partial charge in [0.05, 0.1) is 12.2 Å². The normalized spacial score (nSPS) is 23.3. The van der Waals surface area contributed by atoms with Gasteiger partial charge in [-0.1, -0.05) is 67.9 Å². The van der Waals surface area contributed by atoms with E-state index in [0.29, 0.717) is 12.0 Å². The molecule has 1 aliphatic heterocycles. The maximum atomic E-state index is 6.29. The molecule has 0 aromatic heterocycles. The number of hydrogen-bond acceptors (Lipinski definition) is 2. The summed E-state index contributed by atoms with van der Waals surface area (Å²) in [5, 5.41) is 1.17. The maximum absolute atomic E-state index is 6.29. The average molecular weight is 418 g/mol. The van der Waals surface area contributed by atoms with Gasteiger partial charge in [0.15, 0.2) is 8.32 Å². The minimum absolute atomic E-state index is 0.208. The highest BCUT2D eigenvalue weighted by atomic mass is 79.9. The molecule has 0 aromatic carbocycles. The molecule has 140 valence electrons. The van der Waals surface area contributed by atoms with E-state index in [4.69, 9.17) is 9.16 Å². The van der Waals surface area contributed by atoms with Gasteiger partial charge < -0.3 is 9.16 Å². The van der Waals surface area contributed by atoms with Crippen molar-refractivity contribution in [1.82, 2.24) is 0 Å². The van der Waals surface area contributed by atoms with Crippen LogP contribution in [-0.4, -0.2) is 32.5 Å². The molecule has 0 fully saturated rings. The second-order valence-electron chi connectivity index (χ2n) is 8.79. The fourth-order valence-corrected chi connectivity index (χ4v) is 4.06. The van der Waals surface area contributed by atoms with Crippen molar-refractivity contribution in [3.8, 4) is 0 Å². The minimum Gasteiger partial charge on any atom is -0.417 e. The molecule has 0 bridgehead atoms. The van der Waals surface area contributed by atoms with Crippen LogP contribution in [0.4, 0.5) is 0 Å². The van der Waals surface area contributed by atoms with E-state index in [2.05, 4.69) is 75.4 Å². The molecule has 0 saturated carbocycles. The standard InChI is InChI=1S/C20H37BrO2Si/c1-16(13-17(2)15-21)14-19-10-8-9-18(23-19)11-12-22-24(6,7)20(3,4)5/h8-9,16,18-19H,2,10-15H2,1,3-7H3/t16-,18-,19-/m0/s1. The lowest BCUT2D eigenvalue weighted by Crippen LogP contribution is -2.41. The van der Waals surface area contributed by atoms with E-state index in [-0.39, 0.29) is 11.1 Å². The Hall–Kier alpha value is 0.0969. The summed E-state index contributed by atoms with van der Waals surface area (Å²) < 4.78 is 12.6. The molecule has 1 aliphatic rings. The first kappa shape index (κ1) is 22.1. The molecule has 1 heterocycles. The molecule has 0 aromatic rings. The first-order chi connectivity index (χ1) is 11.0. The monoisotopic (exact) mass is 416 g/mol. The summed E-state index contributed by atoms with van der Waals surface area (Å²) in [6.45, 7) is 18.7. The number of alkyl halides is 1. The molecule has 0 radical (unpaired) electrons. The van der Waals surface area contributed by atoms with Gasteiger partial charge in [-0.25, -0.2) is 0 Å². The van der Waals surface area contributed by atoms with E-state index in [9.17, 15) is 0 Å². The molecule has 24 heavy (non-hydrogen) atoms. The summed E-state index contributed by atoms with van der Waals surface area (Å²) >= 11 is 3.48. The van der Waals surface area contributed by atoms with Gasteiger partial charge in [-0.15, -0.1) is 0 Å². The van der Waals surface area contributed by atoms with Gasteiger partial charge in [0.1, 0.15) is 0 Å². The van der Waals surface area contributed by atoms with E-state index >= 15 is 0 Å². The van der Waals surface area contributed by atoms with Crippen LogP contribution in [0.2, 0.25) is 18.1 Å². The lowest BCUT2D eigenvalue weighted by atomic mass is 9.94. The van der Waals surface area contributed by atoms with E-state index < -0.39 is 8.32 Å². The fourth-order valence-electron chi connectivity index (χ4n) is 2.77. The third kappa shape index (κ3) is 7.55.